The fourth-order valence-electron chi connectivity index (χ4n) is 5.16. The molecule has 0 fully saturated rings. The Hall–Kier alpha value is -6.64. The van der Waals surface area contributed by atoms with Gasteiger partial charge >= 0.3 is 12.2 Å². The fraction of sp³-hybridized carbons (Fsp3) is 0.333. The maximum atomic E-state index is 12.6. The molecule has 3 amide bonds. The Morgan fingerprint density at radius 1 is 0.719 bits per heavy atom. The van der Waals surface area contributed by atoms with Gasteiger partial charge in [0.15, 0.2) is 11.7 Å². The SMILES string of the molecule is CC(C)(C)OC(=O)N[C@H](CCc1ccccc1)C(=O)N/N=C(\N)c1ccccn1.CC(C)(C)OC(=O)N[C@H](CCc1ccccc1)c1nc(-c2ccccn2)n[nH]1. The number of aromatic nitrogens is 5. The zero-order chi connectivity index (χ0) is 41.3. The Morgan fingerprint density at radius 2 is 1.26 bits per heavy atom. The number of hydrogen-bond donors (Lipinski definition) is 5. The number of carbonyl (C=O) groups is 3. The summed E-state index contributed by atoms with van der Waals surface area (Å²) in [6, 6.07) is 29.3. The number of amidine groups is 1. The third kappa shape index (κ3) is 15.9. The number of hydrazone groups is 1. The third-order valence-electron chi connectivity index (χ3n) is 7.77. The van der Waals surface area contributed by atoms with Crippen LogP contribution in [-0.4, -0.2) is 66.3 Å². The Morgan fingerprint density at radius 3 is 1.81 bits per heavy atom. The number of carbonyl (C=O) groups excluding carboxylic acids is 3. The fourth-order valence-corrected chi connectivity index (χ4v) is 5.16. The monoisotopic (exact) mass is 776 g/mol. The topological polar surface area (TPSA) is 211 Å². The smallest absolute Gasteiger partial charge is 0.408 e. The molecule has 5 aromatic rings. The largest absolute Gasteiger partial charge is 0.444 e. The van der Waals surface area contributed by atoms with Crippen molar-refractivity contribution in [3.05, 3.63) is 132 Å². The molecule has 0 aliphatic heterocycles. The molecule has 300 valence electrons. The van der Waals surface area contributed by atoms with Gasteiger partial charge in [-0.1, -0.05) is 72.8 Å². The second-order valence-corrected chi connectivity index (χ2v) is 14.9. The summed E-state index contributed by atoms with van der Waals surface area (Å²) in [7, 11) is 0. The van der Waals surface area contributed by atoms with Gasteiger partial charge in [0.05, 0.1) is 6.04 Å². The van der Waals surface area contributed by atoms with Crippen molar-refractivity contribution in [3.63, 3.8) is 0 Å². The minimum Gasteiger partial charge on any atom is -0.444 e. The predicted molar refractivity (Wildman–Crippen MR) is 218 cm³/mol. The van der Waals surface area contributed by atoms with Gasteiger partial charge in [0.2, 0.25) is 0 Å². The molecule has 0 bridgehead atoms. The second kappa shape index (κ2) is 20.9. The van der Waals surface area contributed by atoms with Gasteiger partial charge in [-0.3, -0.25) is 19.9 Å². The molecule has 0 saturated carbocycles. The van der Waals surface area contributed by atoms with E-state index in [4.69, 9.17) is 15.2 Å². The number of amides is 3. The standard InChI is InChI=1S/C21H27N5O3.C21H25N5O2/c1-21(2,3)29-20(28)24-17(13-12-15-9-5-4-6-10-15)19(27)26-25-18(22)16-11-7-8-14-23-16;1-21(2,3)28-20(27)23-17(13-12-15-9-5-4-6-10-15)19-24-18(25-26-19)16-11-7-8-14-22-16/h4-11,14,17H,12-13H2,1-3H3,(H2,22,25)(H,24,28)(H,26,27);4-11,14,17H,12-13H2,1-3H3,(H,23,27)(H,24,25,26)/t2*17-/m11/s1. The van der Waals surface area contributed by atoms with Crippen molar-refractivity contribution in [2.24, 2.45) is 10.8 Å². The number of alkyl carbamates (subject to hydrolysis) is 2. The van der Waals surface area contributed by atoms with Crippen LogP contribution in [0, 0.1) is 0 Å². The van der Waals surface area contributed by atoms with Gasteiger partial charge in [-0.25, -0.2) is 20.0 Å². The quantitative estimate of drug-likeness (QED) is 0.0504. The van der Waals surface area contributed by atoms with Gasteiger partial charge in [0.1, 0.15) is 34.5 Å². The lowest BCUT2D eigenvalue weighted by molar-refractivity contribution is -0.123. The summed E-state index contributed by atoms with van der Waals surface area (Å²) >= 11 is 0. The second-order valence-electron chi connectivity index (χ2n) is 14.9. The zero-order valence-corrected chi connectivity index (χ0v) is 33.2. The highest BCUT2D eigenvalue weighted by Gasteiger charge is 2.25. The molecule has 0 aliphatic rings. The van der Waals surface area contributed by atoms with E-state index in [0.717, 1.165) is 12.0 Å². The minimum absolute atomic E-state index is 0.0676. The highest BCUT2D eigenvalue weighted by atomic mass is 16.6. The molecule has 0 radical (unpaired) electrons. The number of nitrogens with zero attached hydrogens (tertiary/aromatic N) is 5. The van der Waals surface area contributed by atoms with Crippen LogP contribution in [0.2, 0.25) is 0 Å². The van der Waals surface area contributed by atoms with E-state index in [1.54, 1.807) is 51.4 Å². The van der Waals surface area contributed by atoms with Gasteiger partial charge in [-0.05, 0) is 103 Å². The molecule has 3 aromatic heterocycles. The van der Waals surface area contributed by atoms with Crippen LogP contribution in [0.4, 0.5) is 9.59 Å². The predicted octanol–water partition coefficient (Wildman–Crippen LogP) is 6.41. The van der Waals surface area contributed by atoms with E-state index in [0.29, 0.717) is 42.3 Å². The van der Waals surface area contributed by atoms with Gasteiger partial charge in [0, 0.05) is 12.4 Å². The molecule has 3 heterocycles. The van der Waals surface area contributed by atoms with Crippen LogP contribution in [0.25, 0.3) is 11.5 Å². The molecular weight excluding hydrogens is 725 g/mol. The van der Waals surface area contributed by atoms with Crippen molar-refractivity contribution in [3.8, 4) is 11.5 Å². The van der Waals surface area contributed by atoms with Crippen LogP contribution in [-0.2, 0) is 27.1 Å². The lowest BCUT2D eigenvalue weighted by atomic mass is 10.0. The van der Waals surface area contributed by atoms with Crippen LogP contribution >= 0.6 is 0 Å². The van der Waals surface area contributed by atoms with Crippen LogP contribution in [0.1, 0.15) is 83.1 Å². The highest BCUT2D eigenvalue weighted by molar-refractivity contribution is 5.96. The molecule has 0 saturated heterocycles. The first kappa shape index (κ1) is 43.1. The Balaban J connectivity index is 0.000000253. The minimum atomic E-state index is -0.842. The Kier molecular flexibility index (Phi) is 15.8. The third-order valence-corrected chi connectivity index (χ3v) is 7.77. The molecule has 15 heteroatoms. The summed E-state index contributed by atoms with van der Waals surface area (Å²) in [5, 5.41) is 16.6. The summed E-state index contributed by atoms with van der Waals surface area (Å²) in [5.41, 5.74) is 10.3. The lowest BCUT2D eigenvalue weighted by Gasteiger charge is -2.23. The number of hydrogen-bond acceptors (Lipinski definition) is 10. The molecule has 0 aliphatic carbocycles. The summed E-state index contributed by atoms with van der Waals surface area (Å²) in [6.07, 6.45) is 4.50. The molecule has 57 heavy (non-hydrogen) atoms. The molecule has 5 rings (SSSR count). The number of H-pyrrole nitrogens is 1. The molecule has 0 spiro atoms. The summed E-state index contributed by atoms with van der Waals surface area (Å²) in [6.45, 7) is 10.8. The normalized spacial score (nSPS) is 12.6. The van der Waals surface area contributed by atoms with Gasteiger partial charge in [0.25, 0.3) is 5.91 Å². The van der Waals surface area contributed by atoms with E-state index in [-0.39, 0.29) is 11.9 Å². The number of nitrogens with one attached hydrogen (secondary N) is 4. The van der Waals surface area contributed by atoms with E-state index in [9.17, 15) is 14.4 Å². The molecule has 6 N–H and O–H groups in total. The Bertz CT molecular complexity index is 2010. The first-order valence-electron chi connectivity index (χ1n) is 18.6. The number of rotatable bonds is 13. The average molecular weight is 777 g/mol. The van der Waals surface area contributed by atoms with Gasteiger partial charge < -0.3 is 25.8 Å². The number of aromatic amines is 1. The average Bonchev–Trinajstić information content (AvgIpc) is 3.68. The van der Waals surface area contributed by atoms with E-state index in [1.807, 2.05) is 87.5 Å². The summed E-state index contributed by atoms with van der Waals surface area (Å²) < 4.78 is 10.7. The first-order chi connectivity index (χ1) is 27.1. The van der Waals surface area contributed by atoms with Gasteiger partial charge in [-0.15, -0.1) is 0 Å². The molecule has 2 aromatic carbocycles. The zero-order valence-electron chi connectivity index (χ0n) is 33.2. The number of ether oxygens (including phenoxy) is 2. The van der Waals surface area contributed by atoms with E-state index in [1.165, 1.54) is 5.56 Å². The van der Waals surface area contributed by atoms with Crippen molar-refractivity contribution in [2.75, 3.05) is 0 Å². The summed E-state index contributed by atoms with van der Waals surface area (Å²) in [4.78, 5) is 50.0. The van der Waals surface area contributed by atoms with Crippen LogP contribution < -0.4 is 21.8 Å². The summed E-state index contributed by atoms with van der Waals surface area (Å²) in [5.74, 6) is 0.637. The molecular formula is C42H52N10O5. The number of aryl methyl sites for hydroxylation is 2. The van der Waals surface area contributed by atoms with Crippen molar-refractivity contribution >= 4 is 23.9 Å². The highest BCUT2D eigenvalue weighted by Crippen LogP contribution is 2.20. The van der Waals surface area contributed by atoms with Crippen LogP contribution in [0.15, 0.2) is 115 Å². The molecule has 2 atom stereocenters. The maximum Gasteiger partial charge on any atom is 0.408 e. The van der Waals surface area contributed by atoms with E-state index < -0.39 is 35.3 Å². The molecule has 0 unspecified atom stereocenters. The van der Waals surface area contributed by atoms with Crippen LogP contribution in [0.5, 0.6) is 0 Å². The van der Waals surface area contributed by atoms with Crippen molar-refractivity contribution in [1.29, 1.82) is 0 Å². The van der Waals surface area contributed by atoms with Crippen molar-refractivity contribution in [2.45, 2.75) is 90.5 Å². The maximum absolute atomic E-state index is 12.6. The van der Waals surface area contributed by atoms with E-state index >= 15 is 0 Å². The van der Waals surface area contributed by atoms with Crippen molar-refractivity contribution in [1.82, 2.24) is 41.2 Å². The lowest BCUT2D eigenvalue weighted by Crippen LogP contribution is -2.47. The van der Waals surface area contributed by atoms with Crippen molar-refractivity contribution < 1.29 is 23.9 Å². The van der Waals surface area contributed by atoms with Gasteiger partial charge in [-0.2, -0.15) is 10.2 Å². The molecule has 15 nitrogen and oxygen atoms in total. The van der Waals surface area contributed by atoms with E-state index in [2.05, 4.69) is 58.4 Å². The number of pyridine rings is 2. The Labute approximate surface area is 333 Å². The number of benzene rings is 2. The first-order valence-corrected chi connectivity index (χ1v) is 18.6. The number of nitrogens with two attached hydrogens (primary N) is 1. The van der Waals surface area contributed by atoms with Crippen LogP contribution in [0.3, 0.4) is 0 Å².